The number of nitrogens with zero attached hydrogens (tertiary/aromatic N) is 2. The van der Waals surface area contributed by atoms with Crippen LogP contribution in [-0.4, -0.2) is 64.5 Å². The summed E-state index contributed by atoms with van der Waals surface area (Å²) in [4.78, 5) is 39.9. The highest BCUT2D eigenvalue weighted by atomic mass is 16.4. The van der Waals surface area contributed by atoms with Gasteiger partial charge in [0.05, 0.1) is 6.42 Å². The third kappa shape index (κ3) is 4.86. The van der Waals surface area contributed by atoms with Gasteiger partial charge in [0.15, 0.2) is 0 Å². The molecule has 2 rings (SSSR count). The summed E-state index contributed by atoms with van der Waals surface area (Å²) in [5.74, 6) is -1.15. The quantitative estimate of drug-likeness (QED) is 0.790. The fourth-order valence-corrected chi connectivity index (χ4v) is 3.53. The Morgan fingerprint density at radius 2 is 1.60 bits per heavy atom. The first-order valence-corrected chi connectivity index (χ1v) is 9.30. The second-order valence-corrected chi connectivity index (χ2v) is 7.87. The molecule has 2 N–H and O–H groups in total. The molecule has 2 aliphatic heterocycles. The van der Waals surface area contributed by atoms with E-state index in [0.29, 0.717) is 25.9 Å². The molecule has 0 aliphatic carbocycles. The Morgan fingerprint density at radius 3 is 2.08 bits per heavy atom. The lowest BCUT2D eigenvalue weighted by Crippen LogP contribution is -2.54. The van der Waals surface area contributed by atoms with Crippen LogP contribution >= 0.6 is 0 Å². The van der Waals surface area contributed by atoms with Crippen LogP contribution in [0.5, 0.6) is 0 Å². The number of nitrogens with one attached hydrogen (secondary N) is 1. The van der Waals surface area contributed by atoms with E-state index in [0.717, 1.165) is 25.9 Å². The monoisotopic (exact) mass is 353 g/mol. The maximum atomic E-state index is 12.6. The number of carbonyl (C=O) groups is 3. The van der Waals surface area contributed by atoms with Crippen LogP contribution in [0, 0.1) is 11.8 Å². The van der Waals surface area contributed by atoms with Crippen LogP contribution in [0.2, 0.25) is 0 Å². The van der Waals surface area contributed by atoms with Crippen molar-refractivity contribution >= 4 is 17.9 Å². The highest BCUT2D eigenvalue weighted by Gasteiger charge is 2.36. The van der Waals surface area contributed by atoms with Crippen LogP contribution in [0.25, 0.3) is 0 Å². The summed E-state index contributed by atoms with van der Waals surface area (Å²) in [6, 6.07) is 0.0919. The first kappa shape index (κ1) is 19.5. The fourth-order valence-electron chi connectivity index (χ4n) is 3.53. The maximum absolute atomic E-state index is 12.6. The predicted octanol–water partition coefficient (Wildman–Crippen LogP) is 1.92. The van der Waals surface area contributed by atoms with Gasteiger partial charge in [0.2, 0.25) is 5.91 Å². The number of rotatable bonds is 5. The number of piperidine rings is 1. The van der Waals surface area contributed by atoms with E-state index in [1.54, 1.807) is 6.92 Å². The molecule has 1 atom stereocenters. The molecule has 0 aromatic carbocycles. The lowest BCUT2D eigenvalue weighted by Gasteiger charge is -2.38. The second-order valence-electron chi connectivity index (χ2n) is 7.87. The van der Waals surface area contributed by atoms with E-state index in [9.17, 15) is 14.4 Å². The van der Waals surface area contributed by atoms with Crippen LogP contribution in [-0.2, 0) is 9.59 Å². The molecule has 0 saturated carbocycles. The average molecular weight is 353 g/mol. The van der Waals surface area contributed by atoms with Crippen molar-refractivity contribution in [1.29, 1.82) is 0 Å². The molecule has 25 heavy (non-hydrogen) atoms. The number of carbonyl (C=O) groups excluding carboxylic acids is 2. The van der Waals surface area contributed by atoms with Gasteiger partial charge in [0.1, 0.15) is 0 Å². The molecule has 2 aliphatic rings. The van der Waals surface area contributed by atoms with Crippen molar-refractivity contribution in [2.24, 2.45) is 11.8 Å². The molecule has 0 aromatic rings. The number of aliphatic carboxylic acids is 1. The van der Waals surface area contributed by atoms with Gasteiger partial charge in [-0.2, -0.15) is 0 Å². The van der Waals surface area contributed by atoms with Crippen LogP contribution in [0.15, 0.2) is 0 Å². The van der Waals surface area contributed by atoms with Crippen molar-refractivity contribution in [2.45, 2.75) is 58.4 Å². The summed E-state index contributed by atoms with van der Waals surface area (Å²) in [7, 11) is 0. The van der Waals surface area contributed by atoms with Crippen molar-refractivity contribution in [3.05, 3.63) is 0 Å². The van der Waals surface area contributed by atoms with Crippen molar-refractivity contribution in [3.63, 3.8) is 0 Å². The Kier molecular flexibility index (Phi) is 6.30. The molecule has 2 heterocycles. The third-order valence-corrected chi connectivity index (χ3v) is 5.71. The molecule has 0 spiro atoms. The highest BCUT2D eigenvalue weighted by Crippen LogP contribution is 2.25. The summed E-state index contributed by atoms with van der Waals surface area (Å²) in [5, 5.41) is 12.1. The topological polar surface area (TPSA) is 90.0 Å². The van der Waals surface area contributed by atoms with E-state index in [1.807, 2.05) is 23.6 Å². The van der Waals surface area contributed by atoms with Crippen molar-refractivity contribution in [1.82, 2.24) is 15.1 Å². The van der Waals surface area contributed by atoms with Gasteiger partial charge in [0, 0.05) is 37.6 Å². The summed E-state index contributed by atoms with van der Waals surface area (Å²) in [6.45, 7) is 8.47. The minimum atomic E-state index is -0.914. The number of urea groups is 1. The van der Waals surface area contributed by atoms with E-state index in [4.69, 9.17) is 5.11 Å². The van der Waals surface area contributed by atoms with Crippen molar-refractivity contribution in [3.8, 4) is 0 Å². The van der Waals surface area contributed by atoms with Gasteiger partial charge in [-0.1, -0.05) is 13.8 Å². The average Bonchev–Trinajstić information content (AvgIpc) is 3.07. The Morgan fingerprint density at radius 1 is 1.08 bits per heavy atom. The van der Waals surface area contributed by atoms with Gasteiger partial charge in [-0.15, -0.1) is 0 Å². The molecule has 0 aromatic heterocycles. The van der Waals surface area contributed by atoms with Gasteiger partial charge < -0.3 is 20.2 Å². The van der Waals surface area contributed by atoms with E-state index >= 15 is 0 Å². The molecule has 7 nitrogen and oxygen atoms in total. The Bertz CT molecular complexity index is 508. The Hall–Kier alpha value is -1.79. The highest BCUT2D eigenvalue weighted by molar-refractivity contribution is 5.81. The van der Waals surface area contributed by atoms with Gasteiger partial charge in [-0.3, -0.25) is 9.59 Å². The minimum Gasteiger partial charge on any atom is -0.481 e. The third-order valence-electron chi connectivity index (χ3n) is 5.71. The van der Waals surface area contributed by atoms with Crippen LogP contribution in [0.4, 0.5) is 4.79 Å². The molecule has 2 fully saturated rings. The van der Waals surface area contributed by atoms with Gasteiger partial charge in [-0.25, -0.2) is 4.79 Å². The summed E-state index contributed by atoms with van der Waals surface area (Å²) in [5.41, 5.74) is -0.759. The largest absolute Gasteiger partial charge is 0.481 e. The minimum absolute atomic E-state index is 0.0179. The van der Waals surface area contributed by atoms with E-state index in [2.05, 4.69) is 5.32 Å². The fraction of sp³-hybridized carbons (Fsp3) is 0.833. The first-order valence-electron chi connectivity index (χ1n) is 9.30. The number of amides is 3. The maximum Gasteiger partial charge on any atom is 0.319 e. The SMILES string of the molecule is CC(C)C(C)(CC(=O)O)NC(=O)C1CCN(C(=O)N2CCCC2)CC1. The number of carboxylic acid groups (broad SMARTS) is 1. The van der Waals surface area contributed by atoms with E-state index in [1.165, 1.54) is 0 Å². The molecule has 0 bridgehead atoms. The molecular formula is C18H31N3O4. The second kappa shape index (κ2) is 8.06. The lowest BCUT2D eigenvalue weighted by atomic mass is 9.84. The summed E-state index contributed by atoms with van der Waals surface area (Å²) < 4.78 is 0. The predicted molar refractivity (Wildman–Crippen MR) is 94.1 cm³/mol. The van der Waals surface area contributed by atoms with Crippen LogP contribution < -0.4 is 5.32 Å². The van der Waals surface area contributed by atoms with Crippen molar-refractivity contribution in [2.75, 3.05) is 26.2 Å². The number of hydrogen-bond donors (Lipinski definition) is 2. The molecule has 1 unspecified atom stereocenters. The Balaban J connectivity index is 1.87. The zero-order chi connectivity index (χ0) is 18.6. The van der Waals surface area contributed by atoms with E-state index < -0.39 is 11.5 Å². The molecule has 2 saturated heterocycles. The molecule has 7 heteroatoms. The number of likely N-dealkylation sites (tertiary alicyclic amines) is 2. The van der Waals surface area contributed by atoms with Gasteiger partial charge in [-0.05, 0) is 38.5 Å². The number of carboxylic acids is 1. The van der Waals surface area contributed by atoms with Gasteiger partial charge >= 0.3 is 12.0 Å². The summed E-state index contributed by atoms with van der Waals surface area (Å²) in [6.07, 6.45) is 3.31. The lowest BCUT2D eigenvalue weighted by molar-refractivity contribution is -0.140. The molecular weight excluding hydrogens is 322 g/mol. The smallest absolute Gasteiger partial charge is 0.319 e. The zero-order valence-corrected chi connectivity index (χ0v) is 15.6. The normalized spacial score (nSPS) is 21.3. The number of hydrogen-bond acceptors (Lipinski definition) is 3. The molecule has 0 radical (unpaired) electrons. The van der Waals surface area contributed by atoms with Gasteiger partial charge in [0.25, 0.3) is 0 Å². The van der Waals surface area contributed by atoms with Crippen LogP contribution in [0.3, 0.4) is 0 Å². The van der Waals surface area contributed by atoms with Crippen LogP contribution in [0.1, 0.15) is 52.9 Å². The Labute approximate surface area is 149 Å². The molecule has 3 amide bonds. The van der Waals surface area contributed by atoms with Crippen molar-refractivity contribution < 1.29 is 19.5 Å². The first-order chi connectivity index (χ1) is 11.7. The molecule has 142 valence electrons. The summed E-state index contributed by atoms with van der Waals surface area (Å²) >= 11 is 0. The van der Waals surface area contributed by atoms with E-state index in [-0.39, 0.29) is 30.2 Å². The standard InChI is InChI=1S/C18H31N3O4/c1-13(2)18(3,12-15(22)23)19-16(24)14-6-10-21(11-7-14)17(25)20-8-4-5-9-20/h13-14H,4-12H2,1-3H3,(H,19,24)(H,22,23). The zero-order valence-electron chi connectivity index (χ0n) is 15.6.